The number of nitrogens with one attached hydrogen (secondary N) is 1. The van der Waals surface area contributed by atoms with Crippen LogP contribution in [0.2, 0.25) is 5.02 Å². The molecule has 112 valence electrons. The topological polar surface area (TPSA) is 21.3 Å². The molecule has 0 saturated carbocycles. The highest BCUT2D eigenvalue weighted by molar-refractivity contribution is 9.10. The maximum atomic E-state index is 6.28. The minimum Gasteiger partial charge on any atom is -0.491 e. The van der Waals surface area contributed by atoms with Crippen molar-refractivity contribution in [3.8, 4) is 5.75 Å². The van der Waals surface area contributed by atoms with Crippen LogP contribution < -0.4 is 10.1 Å². The maximum Gasteiger partial charge on any atom is 0.119 e. The van der Waals surface area contributed by atoms with Gasteiger partial charge in [-0.15, -0.1) is 0 Å². The maximum absolute atomic E-state index is 6.28. The van der Waals surface area contributed by atoms with E-state index in [0.717, 1.165) is 26.5 Å². The Bertz CT molecular complexity index is 598. The zero-order valence-electron chi connectivity index (χ0n) is 12.4. The Labute approximate surface area is 139 Å². The standard InChI is InChI=1S/C17H19BrClNO/c1-11(2)21-15-7-5-14(6-8-15)20-12(3)16-9-4-13(18)10-17(16)19/h4-12,20H,1-3H3. The van der Waals surface area contributed by atoms with Crippen LogP contribution in [0, 0.1) is 0 Å². The summed E-state index contributed by atoms with van der Waals surface area (Å²) in [5, 5.41) is 4.20. The summed E-state index contributed by atoms with van der Waals surface area (Å²) in [4.78, 5) is 0. The summed E-state index contributed by atoms with van der Waals surface area (Å²) in [7, 11) is 0. The van der Waals surface area contributed by atoms with Crippen LogP contribution in [0.1, 0.15) is 32.4 Å². The zero-order valence-corrected chi connectivity index (χ0v) is 14.7. The lowest BCUT2D eigenvalue weighted by Gasteiger charge is -2.18. The number of ether oxygens (including phenoxy) is 1. The highest BCUT2D eigenvalue weighted by Crippen LogP contribution is 2.29. The van der Waals surface area contributed by atoms with Gasteiger partial charge in [-0.2, -0.15) is 0 Å². The fourth-order valence-corrected chi connectivity index (χ4v) is 2.92. The lowest BCUT2D eigenvalue weighted by molar-refractivity contribution is 0.242. The Morgan fingerprint density at radius 2 is 1.71 bits per heavy atom. The van der Waals surface area contributed by atoms with E-state index in [9.17, 15) is 0 Å². The normalized spacial score (nSPS) is 12.3. The molecular weight excluding hydrogens is 350 g/mol. The molecule has 1 atom stereocenters. The van der Waals surface area contributed by atoms with Gasteiger partial charge in [-0.3, -0.25) is 0 Å². The summed E-state index contributed by atoms with van der Waals surface area (Å²) in [6.45, 7) is 6.13. The van der Waals surface area contributed by atoms with E-state index >= 15 is 0 Å². The van der Waals surface area contributed by atoms with Crippen molar-refractivity contribution in [1.82, 2.24) is 0 Å². The molecule has 0 heterocycles. The van der Waals surface area contributed by atoms with E-state index in [1.807, 2.05) is 56.3 Å². The Balaban J connectivity index is 2.06. The van der Waals surface area contributed by atoms with Gasteiger partial charge < -0.3 is 10.1 Å². The van der Waals surface area contributed by atoms with Gasteiger partial charge in [-0.1, -0.05) is 33.6 Å². The number of hydrogen-bond acceptors (Lipinski definition) is 2. The third kappa shape index (κ3) is 4.65. The number of halogens is 2. The number of rotatable bonds is 5. The van der Waals surface area contributed by atoms with E-state index in [4.69, 9.17) is 16.3 Å². The summed E-state index contributed by atoms with van der Waals surface area (Å²) in [6, 6.07) is 14.0. The molecule has 2 nitrogen and oxygen atoms in total. The molecule has 4 heteroatoms. The molecular formula is C17H19BrClNO. The van der Waals surface area contributed by atoms with Gasteiger partial charge in [-0.25, -0.2) is 0 Å². The molecule has 0 radical (unpaired) electrons. The molecule has 2 aromatic rings. The molecule has 2 aromatic carbocycles. The number of anilines is 1. The molecule has 21 heavy (non-hydrogen) atoms. The summed E-state index contributed by atoms with van der Waals surface area (Å²) in [6.07, 6.45) is 0.185. The minimum atomic E-state index is 0.127. The van der Waals surface area contributed by atoms with Gasteiger partial charge in [0, 0.05) is 21.2 Å². The Kier molecular flexibility index (Phi) is 5.54. The predicted molar refractivity (Wildman–Crippen MR) is 93.4 cm³/mol. The summed E-state index contributed by atoms with van der Waals surface area (Å²) >= 11 is 9.70. The number of hydrogen-bond donors (Lipinski definition) is 1. The van der Waals surface area contributed by atoms with Crippen molar-refractivity contribution < 1.29 is 4.74 Å². The molecule has 0 aliphatic rings. The van der Waals surface area contributed by atoms with Crippen LogP contribution in [-0.4, -0.2) is 6.10 Å². The SMILES string of the molecule is CC(C)Oc1ccc(NC(C)c2ccc(Br)cc2Cl)cc1. The second kappa shape index (κ2) is 7.19. The second-order valence-electron chi connectivity index (χ2n) is 5.22. The first-order valence-electron chi connectivity index (χ1n) is 6.94. The van der Waals surface area contributed by atoms with Gasteiger partial charge in [0.1, 0.15) is 5.75 Å². The molecule has 0 spiro atoms. The van der Waals surface area contributed by atoms with Crippen LogP contribution in [0.15, 0.2) is 46.9 Å². The van der Waals surface area contributed by atoms with E-state index in [0.29, 0.717) is 0 Å². The van der Waals surface area contributed by atoms with Gasteiger partial charge in [0.25, 0.3) is 0 Å². The minimum absolute atomic E-state index is 0.127. The van der Waals surface area contributed by atoms with Crippen molar-refractivity contribution in [3.63, 3.8) is 0 Å². The fourth-order valence-electron chi connectivity index (χ4n) is 2.08. The van der Waals surface area contributed by atoms with Crippen LogP contribution in [0.4, 0.5) is 5.69 Å². The third-order valence-electron chi connectivity index (χ3n) is 3.04. The van der Waals surface area contributed by atoms with E-state index in [1.165, 1.54) is 0 Å². The molecule has 0 amide bonds. The monoisotopic (exact) mass is 367 g/mol. The highest BCUT2D eigenvalue weighted by atomic mass is 79.9. The van der Waals surface area contributed by atoms with Crippen LogP contribution >= 0.6 is 27.5 Å². The summed E-state index contributed by atoms with van der Waals surface area (Å²) in [5.41, 5.74) is 2.11. The first-order valence-corrected chi connectivity index (χ1v) is 8.11. The smallest absolute Gasteiger partial charge is 0.119 e. The lowest BCUT2D eigenvalue weighted by atomic mass is 10.1. The Morgan fingerprint density at radius 1 is 1.05 bits per heavy atom. The van der Waals surface area contributed by atoms with Crippen LogP contribution in [0.3, 0.4) is 0 Å². The molecule has 1 unspecified atom stereocenters. The predicted octanol–water partition coefficient (Wildman–Crippen LogP) is 6.06. The van der Waals surface area contributed by atoms with Crippen molar-refractivity contribution in [1.29, 1.82) is 0 Å². The molecule has 0 bridgehead atoms. The lowest BCUT2D eigenvalue weighted by Crippen LogP contribution is -2.08. The number of benzene rings is 2. The second-order valence-corrected chi connectivity index (χ2v) is 6.55. The molecule has 0 aromatic heterocycles. The molecule has 0 saturated heterocycles. The quantitative estimate of drug-likeness (QED) is 0.692. The summed E-state index contributed by atoms with van der Waals surface area (Å²) < 4.78 is 6.62. The van der Waals surface area contributed by atoms with Crippen LogP contribution in [0.25, 0.3) is 0 Å². The van der Waals surface area contributed by atoms with E-state index in [1.54, 1.807) is 0 Å². The van der Waals surface area contributed by atoms with Gasteiger partial charge in [0.15, 0.2) is 0 Å². The highest BCUT2D eigenvalue weighted by Gasteiger charge is 2.10. The van der Waals surface area contributed by atoms with Crippen molar-refractivity contribution in [3.05, 3.63) is 57.5 Å². The Morgan fingerprint density at radius 3 is 2.29 bits per heavy atom. The first kappa shape index (κ1) is 16.2. The molecule has 1 N–H and O–H groups in total. The fraction of sp³-hybridized carbons (Fsp3) is 0.294. The average molecular weight is 369 g/mol. The van der Waals surface area contributed by atoms with Crippen LogP contribution in [0.5, 0.6) is 5.75 Å². The first-order chi connectivity index (χ1) is 9.95. The zero-order chi connectivity index (χ0) is 15.4. The molecule has 0 aliphatic carbocycles. The van der Waals surface area contributed by atoms with Gasteiger partial charge in [0.05, 0.1) is 6.10 Å². The molecule has 0 aliphatic heterocycles. The van der Waals surface area contributed by atoms with Crippen molar-refractivity contribution in [2.24, 2.45) is 0 Å². The van der Waals surface area contributed by atoms with Crippen LogP contribution in [-0.2, 0) is 0 Å². The van der Waals surface area contributed by atoms with Gasteiger partial charge >= 0.3 is 0 Å². The van der Waals surface area contributed by atoms with E-state index in [2.05, 4.69) is 28.2 Å². The van der Waals surface area contributed by atoms with Crippen molar-refractivity contribution in [2.45, 2.75) is 32.9 Å². The molecule has 0 fully saturated rings. The van der Waals surface area contributed by atoms with Crippen molar-refractivity contribution in [2.75, 3.05) is 5.32 Å². The van der Waals surface area contributed by atoms with Gasteiger partial charge in [-0.05, 0) is 62.7 Å². The largest absolute Gasteiger partial charge is 0.491 e. The average Bonchev–Trinajstić information content (AvgIpc) is 2.40. The van der Waals surface area contributed by atoms with E-state index < -0.39 is 0 Å². The third-order valence-corrected chi connectivity index (χ3v) is 3.86. The van der Waals surface area contributed by atoms with E-state index in [-0.39, 0.29) is 12.1 Å². The Hall–Kier alpha value is -1.19. The molecule has 2 rings (SSSR count). The van der Waals surface area contributed by atoms with Gasteiger partial charge in [0.2, 0.25) is 0 Å². The van der Waals surface area contributed by atoms with Crippen molar-refractivity contribution >= 4 is 33.2 Å². The summed E-state index contributed by atoms with van der Waals surface area (Å²) in [5.74, 6) is 0.880.